The maximum Gasteiger partial charge on any atom is 0.407 e. The summed E-state index contributed by atoms with van der Waals surface area (Å²) in [6.45, 7) is 1.17. The van der Waals surface area contributed by atoms with Gasteiger partial charge in [-0.3, -0.25) is 9.59 Å². The number of fused-ring (bicyclic) bond motifs is 4. The van der Waals surface area contributed by atoms with E-state index in [1.165, 1.54) is 0 Å². The van der Waals surface area contributed by atoms with E-state index >= 15 is 0 Å². The van der Waals surface area contributed by atoms with Gasteiger partial charge >= 0.3 is 12.1 Å². The van der Waals surface area contributed by atoms with Crippen LogP contribution in [0.25, 0.3) is 11.1 Å². The lowest BCUT2D eigenvalue weighted by Crippen LogP contribution is -2.52. The summed E-state index contributed by atoms with van der Waals surface area (Å²) in [6, 6.07) is 15.1. The lowest BCUT2D eigenvalue weighted by molar-refractivity contribution is -0.137. The van der Waals surface area contributed by atoms with Crippen molar-refractivity contribution in [3.05, 3.63) is 59.7 Å². The molecule has 1 saturated carbocycles. The van der Waals surface area contributed by atoms with Crippen molar-refractivity contribution in [3.8, 4) is 11.1 Å². The number of carbonyl (C=O) groups is 3. The van der Waals surface area contributed by atoms with Crippen molar-refractivity contribution >= 4 is 18.0 Å². The Hall–Kier alpha value is -3.39. The van der Waals surface area contributed by atoms with Crippen LogP contribution in [0.2, 0.25) is 0 Å². The molecule has 3 N–H and O–H groups in total. The van der Waals surface area contributed by atoms with E-state index in [2.05, 4.69) is 22.8 Å². The van der Waals surface area contributed by atoms with E-state index in [1.54, 1.807) is 0 Å². The van der Waals surface area contributed by atoms with E-state index in [4.69, 9.17) is 14.6 Å². The van der Waals surface area contributed by atoms with Gasteiger partial charge in [-0.25, -0.2) is 4.79 Å². The van der Waals surface area contributed by atoms with Crippen LogP contribution in [0.15, 0.2) is 48.5 Å². The number of nitrogens with one attached hydrogen (secondary N) is 2. The first-order valence-electron chi connectivity index (χ1n) is 11.2. The third-order valence-corrected chi connectivity index (χ3v) is 6.88. The van der Waals surface area contributed by atoms with Gasteiger partial charge in [-0.05, 0) is 35.1 Å². The van der Waals surface area contributed by atoms with Crippen LogP contribution in [0.1, 0.15) is 36.3 Å². The Balaban J connectivity index is 1.23. The van der Waals surface area contributed by atoms with Gasteiger partial charge in [-0.15, -0.1) is 0 Å². The number of amides is 2. The quantitative estimate of drug-likeness (QED) is 0.570. The molecule has 0 radical (unpaired) electrons. The molecule has 0 spiro atoms. The molecule has 3 aliphatic rings. The number of alkyl carbamates (subject to hydrolysis) is 1. The van der Waals surface area contributed by atoms with Gasteiger partial charge in [0, 0.05) is 18.3 Å². The molecule has 1 saturated heterocycles. The van der Waals surface area contributed by atoms with Crippen LogP contribution in [0.4, 0.5) is 4.79 Å². The summed E-state index contributed by atoms with van der Waals surface area (Å²) in [5, 5.41) is 14.6. The van der Waals surface area contributed by atoms with Crippen LogP contribution < -0.4 is 10.6 Å². The minimum absolute atomic E-state index is 0.0209. The zero-order valence-corrected chi connectivity index (χ0v) is 18.1. The van der Waals surface area contributed by atoms with E-state index < -0.39 is 24.0 Å². The molecule has 2 fully saturated rings. The zero-order chi connectivity index (χ0) is 23.0. The Labute approximate surface area is 191 Å². The SMILES string of the molecule is O=C(O)CCC(NC(=O)OCC1c2ccccc2-c2ccccc21)C(=O)NC12COCC1C2. The molecule has 2 amide bonds. The van der Waals surface area contributed by atoms with E-state index in [0.717, 1.165) is 28.7 Å². The van der Waals surface area contributed by atoms with Gasteiger partial charge in [0.25, 0.3) is 0 Å². The molecule has 1 aliphatic heterocycles. The van der Waals surface area contributed by atoms with Crippen molar-refractivity contribution in [1.29, 1.82) is 0 Å². The van der Waals surface area contributed by atoms with Crippen molar-refractivity contribution in [2.24, 2.45) is 5.92 Å². The van der Waals surface area contributed by atoms with Crippen LogP contribution in [-0.2, 0) is 19.1 Å². The Morgan fingerprint density at radius 1 is 1.09 bits per heavy atom. The molecule has 0 aromatic heterocycles. The summed E-state index contributed by atoms with van der Waals surface area (Å²) >= 11 is 0. The lowest BCUT2D eigenvalue weighted by Gasteiger charge is -2.22. The van der Waals surface area contributed by atoms with Gasteiger partial charge in [-0.2, -0.15) is 0 Å². The first kappa shape index (κ1) is 21.5. The number of benzene rings is 2. The standard InChI is InChI=1S/C25H26N2O6/c28-22(29)10-9-21(23(30)27-25-11-15(25)12-32-14-25)26-24(31)33-13-20-18-7-3-1-5-16(18)17-6-2-4-8-19(17)20/h1-8,15,20-21H,9-14H2,(H,26,31)(H,27,30)(H,28,29). The fraction of sp³-hybridized carbons (Fsp3) is 0.400. The van der Waals surface area contributed by atoms with Gasteiger partial charge in [0.2, 0.25) is 5.91 Å². The lowest BCUT2D eigenvalue weighted by atomic mass is 9.98. The fourth-order valence-corrected chi connectivity index (χ4v) is 5.00. The van der Waals surface area contributed by atoms with Crippen molar-refractivity contribution in [1.82, 2.24) is 10.6 Å². The van der Waals surface area contributed by atoms with Crippen molar-refractivity contribution in [3.63, 3.8) is 0 Å². The monoisotopic (exact) mass is 450 g/mol. The average molecular weight is 450 g/mol. The molecule has 0 bridgehead atoms. The highest BCUT2D eigenvalue weighted by Gasteiger charge is 2.59. The maximum atomic E-state index is 12.8. The molecule has 1 heterocycles. The summed E-state index contributed by atoms with van der Waals surface area (Å²) in [6.07, 6.45) is -0.160. The van der Waals surface area contributed by atoms with Gasteiger partial charge in [-0.1, -0.05) is 48.5 Å². The number of hydrogen-bond donors (Lipinski definition) is 3. The van der Waals surface area contributed by atoms with Crippen LogP contribution >= 0.6 is 0 Å². The molecule has 2 aliphatic carbocycles. The van der Waals surface area contributed by atoms with Crippen LogP contribution in [0.5, 0.6) is 0 Å². The summed E-state index contributed by atoms with van der Waals surface area (Å²) in [7, 11) is 0. The van der Waals surface area contributed by atoms with Gasteiger partial charge in [0.05, 0.1) is 18.8 Å². The zero-order valence-electron chi connectivity index (χ0n) is 18.1. The molecule has 2 aromatic carbocycles. The highest BCUT2D eigenvalue weighted by Crippen LogP contribution is 2.48. The molecule has 3 unspecified atom stereocenters. The third-order valence-electron chi connectivity index (χ3n) is 6.88. The highest BCUT2D eigenvalue weighted by atomic mass is 16.5. The van der Waals surface area contributed by atoms with Crippen LogP contribution in [0.3, 0.4) is 0 Å². The van der Waals surface area contributed by atoms with E-state index in [0.29, 0.717) is 13.2 Å². The summed E-state index contributed by atoms with van der Waals surface area (Å²) in [5.41, 5.74) is 4.05. The maximum absolute atomic E-state index is 12.8. The van der Waals surface area contributed by atoms with Gasteiger partial charge in [0.15, 0.2) is 0 Å². The van der Waals surface area contributed by atoms with Gasteiger partial charge in [0.1, 0.15) is 12.6 Å². The topological polar surface area (TPSA) is 114 Å². The normalized spacial score (nSPS) is 23.1. The minimum Gasteiger partial charge on any atom is -0.481 e. The summed E-state index contributed by atoms with van der Waals surface area (Å²) < 4.78 is 10.9. The van der Waals surface area contributed by atoms with Crippen molar-refractivity contribution < 1.29 is 29.0 Å². The van der Waals surface area contributed by atoms with E-state index in [9.17, 15) is 14.4 Å². The summed E-state index contributed by atoms with van der Waals surface area (Å²) in [4.78, 5) is 36.5. The predicted molar refractivity (Wildman–Crippen MR) is 119 cm³/mol. The molecule has 172 valence electrons. The number of rotatable bonds is 8. The Morgan fingerprint density at radius 3 is 2.33 bits per heavy atom. The second-order valence-electron chi connectivity index (χ2n) is 9.02. The van der Waals surface area contributed by atoms with Crippen molar-refractivity contribution in [2.45, 2.75) is 36.8 Å². The molecule has 3 atom stereocenters. The molecule has 33 heavy (non-hydrogen) atoms. The molecule has 2 aromatic rings. The molecular weight excluding hydrogens is 424 g/mol. The summed E-state index contributed by atoms with van der Waals surface area (Å²) in [5.74, 6) is -1.25. The Kier molecular flexibility index (Phi) is 5.54. The number of hydrogen-bond acceptors (Lipinski definition) is 5. The number of carboxylic acids is 1. The second-order valence-corrected chi connectivity index (χ2v) is 9.02. The first-order valence-corrected chi connectivity index (χ1v) is 11.2. The van der Waals surface area contributed by atoms with Crippen molar-refractivity contribution in [2.75, 3.05) is 19.8 Å². The molecule has 5 rings (SSSR count). The molecular formula is C25H26N2O6. The first-order chi connectivity index (χ1) is 16.0. The number of carboxylic acid groups (broad SMARTS) is 1. The number of carbonyl (C=O) groups excluding carboxylic acids is 2. The largest absolute Gasteiger partial charge is 0.481 e. The van der Waals surface area contributed by atoms with E-state index in [-0.39, 0.29) is 36.8 Å². The minimum atomic E-state index is -1.03. The number of aliphatic carboxylic acids is 1. The van der Waals surface area contributed by atoms with E-state index in [1.807, 2.05) is 36.4 Å². The molecule has 8 heteroatoms. The third kappa shape index (κ3) is 4.18. The fourth-order valence-electron chi connectivity index (χ4n) is 5.00. The van der Waals surface area contributed by atoms with Crippen LogP contribution in [-0.4, -0.2) is 54.5 Å². The number of ether oxygens (including phenoxy) is 2. The second kappa shape index (κ2) is 8.51. The average Bonchev–Trinajstić information content (AvgIpc) is 3.18. The smallest absolute Gasteiger partial charge is 0.407 e. The highest BCUT2D eigenvalue weighted by molar-refractivity contribution is 5.87. The Morgan fingerprint density at radius 2 is 1.76 bits per heavy atom. The molecule has 8 nitrogen and oxygen atoms in total. The Bertz CT molecular complexity index is 1060. The van der Waals surface area contributed by atoms with Gasteiger partial charge < -0.3 is 25.2 Å². The van der Waals surface area contributed by atoms with Crippen LogP contribution in [0, 0.1) is 5.92 Å². The predicted octanol–water partition coefficient (Wildman–Crippen LogP) is 2.66.